The Hall–Kier alpha value is -4.19. The van der Waals surface area contributed by atoms with Crippen molar-refractivity contribution in [2.45, 2.75) is 19.6 Å². The molecule has 0 fully saturated rings. The van der Waals surface area contributed by atoms with Crippen LogP contribution in [0.5, 0.6) is 0 Å². The van der Waals surface area contributed by atoms with Crippen LogP contribution in [0.25, 0.3) is 11.1 Å². The van der Waals surface area contributed by atoms with E-state index in [0.29, 0.717) is 17.7 Å². The summed E-state index contributed by atoms with van der Waals surface area (Å²) in [4.78, 5) is 4.25. The molecule has 0 aliphatic carbocycles. The minimum atomic E-state index is -0.350. The second kappa shape index (κ2) is 9.31. The zero-order chi connectivity index (χ0) is 22.5. The fraction of sp³-hybridized carbons (Fsp3) is 0.148. The zero-order valence-corrected chi connectivity index (χ0v) is 18.0. The van der Waals surface area contributed by atoms with Gasteiger partial charge in [-0.25, -0.2) is 4.98 Å². The second-order valence-corrected chi connectivity index (χ2v) is 7.70. The van der Waals surface area contributed by atoms with Gasteiger partial charge in [0.2, 0.25) is 0 Å². The number of nitrogens with zero attached hydrogens (tertiary/aromatic N) is 4. The highest BCUT2D eigenvalue weighted by molar-refractivity contribution is 5.69. The van der Waals surface area contributed by atoms with E-state index in [1.54, 1.807) is 24.7 Å². The number of imidazole rings is 1. The van der Waals surface area contributed by atoms with E-state index in [9.17, 15) is 5.26 Å². The Morgan fingerprint density at radius 3 is 2.25 bits per heavy atom. The lowest BCUT2D eigenvalue weighted by Crippen LogP contribution is -2.11. The van der Waals surface area contributed by atoms with Gasteiger partial charge in [-0.3, -0.25) is 0 Å². The molecule has 1 aromatic heterocycles. The molecule has 0 radical (unpaired) electrons. The van der Waals surface area contributed by atoms with Crippen molar-refractivity contribution in [3.05, 3.63) is 113 Å². The molecule has 0 bridgehead atoms. The van der Waals surface area contributed by atoms with Crippen molar-refractivity contribution >= 4 is 0 Å². The summed E-state index contributed by atoms with van der Waals surface area (Å²) in [6, 6.07) is 25.7. The molecule has 4 aromatic rings. The van der Waals surface area contributed by atoms with Gasteiger partial charge in [0.05, 0.1) is 48.1 Å². The first-order valence-corrected chi connectivity index (χ1v) is 10.3. The highest BCUT2D eigenvalue weighted by Crippen LogP contribution is 2.31. The van der Waals surface area contributed by atoms with E-state index in [1.807, 2.05) is 41.9 Å². The van der Waals surface area contributed by atoms with E-state index in [1.165, 1.54) is 5.56 Å². The topological polar surface area (TPSA) is 74.6 Å². The zero-order valence-electron chi connectivity index (χ0n) is 18.0. The van der Waals surface area contributed by atoms with Crippen LogP contribution in [0, 0.1) is 29.6 Å². The molecule has 0 saturated carbocycles. The fourth-order valence-corrected chi connectivity index (χ4v) is 3.65. The van der Waals surface area contributed by atoms with E-state index in [0.717, 1.165) is 27.9 Å². The van der Waals surface area contributed by atoms with Gasteiger partial charge in [0.15, 0.2) is 0 Å². The summed E-state index contributed by atoms with van der Waals surface area (Å²) in [5, 5.41) is 18.5. The van der Waals surface area contributed by atoms with Crippen LogP contribution in [0.2, 0.25) is 0 Å². The lowest BCUT2D eigenvalue weighted by Gasteiger charge is -2.20. The van der Waals surface area contributed by atoms with Gasteiger partial charge in [-0.2, -0.15) is 10.5 Å². The summed E-state index contributed by atoms with van der Waals surface area (Å²) < 4.78 is 8.38. The fourth-order valence-electron chi connectivity index (χ4n) is 3.65. The van der Waals surface area contributed by atoms with Gasteiger partial charge in [0, 0.05) is 7.05 Å². The Morgan fingerprint density at radius 1 is 0.938 bits per heavy atom. The Labute approximate surface area is 187 Å². The predicted octanol–water partition coefficient (Wildman–Crippen LogP) is 5.45. The predicted molar refractivity (Wildman–Crippen MR) is 122 cm³/mol. The Kier molecular flexibility index (Phi) is 6.12. The average Bonchev–Trinajstić information content (AvgIpc) is 3.26. The highest BCUT2D eigenvalue weighted by Gasteiger charge is 2.19. The van der Waals surface area contributed by atoms with Gasteiger partial charge in [0.25, 0.3) is 0 Å². The van der Waals surface area contributed by atoms with Crippen molar-refractivity contribution in [1.29, 1.82) is 10.5 Å². The van der Waals surface area contributed by atoms with Gasteiger partial charge in [-0.15, -0.1) is 0 Å². The lowest BCUT2D eigenvalue weighted by molar-refractivity contribution is 0.0624. The van der Waals surface area contributed by atoms with Crippen LogP contribution in [0.4, 0.5) is 0 Å². The van der Waals surface area contributed by atoms with Crippen LogP contribution >= 0.6 is 0 Å². The molecule has 5 heteroatoms. The molecule has 0 spiro atoms. The normalized spacial score (nSPS) is 11.5. The minimum absolute atomic E-state index is 0.350. The molecule has 0 aliphatic rings. The van der Waals surface area contributed by atoms with E-state index in [-0.39, 0.29) is 6.10 Å². The van der Waals surface area contributed by atoms with Crippen molar-refractivity contribution in [1.82, 2.24) is 9.55 Å². The van der Waals surface area contributed by atoms with E-state index in [4.69, 9.17) is 10.00 Å². The first-order chi connectivity index (χ1) is 15.6. The summed E-state index contributed by atoms with van der Waals surface area (Å²) in [6.45, 7) is 2.40. The molecule has 0 amide bonds. The van der Waals surface area contributed by atoms with Crippen LogP contribution in [0.1, 0.15) is 39.6 Å². The molecule has 0 aliphatic heterocycles. The SMILES string of the molecule is Cc1ccc(-c2cc(C#N)ccc2COC(c2ccc(C#N)cc2)c2cncn2C)cc1. The average molecular weight is 419 g/mol. The third-order valence-electron chi connectivity index (χ3n) is 5.47. The third-order valence-corrected chi connectivity index (χ3v) is 5.47. The molecule has 1 atom stereocenters. The molecule has 0 N–H and O–H groups in total. The van der Waals surface area contributed by atoms with Gasteiger partial charge < -0.3 is 9.30 Å². The highest BCUT2D eigenvalue weighted by atomic mass is 16.5. The van der Waals surface area contributed by atoms with Crippen LogP contribution in [-0.4, -0.2) is 9.55 Å². The smallest absolute Gasteiger partial charge is 0.124 e. The number of nitriles is 2. The third kappa shape index (κ3) is 4.44. The number of aryl methyl sites for hydroxylation is 2. The van der Waals surface area contributed by atoms with Crippen molar-refractivity contribution in [3.63, 3.8) is 0 Å². The van der Waals surface area contributed by atoms with E-state index < -0.39 is 0 Å². The quantitative estimate of drug-likeness (QED) is 0.418. The summed E-state index contributed by atoms with van der Waals surface area (Å²) in [5.41, 5.74) is 7.27. The Balaban J connectivity index is 1.69. The van der Waals surface area contributed by atoms with Crippen molar-refractivity contribution < 1.29 is 4.74 Å². The van der Waals surface area contributed by atoms with E-state index in [2.05, 4.69) is 48.3 Å². The Morgan fingerprint density at radius 2 is 1.62 bits per heavy atom. The number of benzene rings is 3. The molecule has 32 heavy (non-hydrogen) atoms. The van der Waals surface area contributed by atoms with Gasteiger partial charge in [0.1, 0.15) is 6.10 Å². The monoisotopic (exact) mass is 418 g/mol. The molecule has 1 heterocycles. The maximum absolute atomic E-state index is 9.40. The maximum Gasteiger partial charge on any atom is 0.124 e. The lowest BCUT2D eigenvalue weighted by atomic mass is 9.97. The van der Waals surface area contributed by atoms with Gasteiger partial charge in [-0.1, -0.05) is 48.0 Å². The molecular weight excluding hydrogens is 396 g/mol. The number of aromatic nitrogens is 2. The van der Waals surface area contributed by atoms with Crippen molar-refractivity contribution in [2.75, 3.05) is 0 Å². The second-order valence-electron chi connectivity index (χ2n) is 7.70. The maximum atomic E-state index is 9.40. The standard InChI is InChI=1S/C27H22N4O/c1-19-3-8-22(9-4-19)25-13-21(15-29)7-12-24(25)17-32-27(26-16-30-18-31(26)2)23-10-5-20(14-28)6-11-23/h3-13,16,18,27H,17H2,1-2H3. The molecular formula is C27H22N4O. The van der Waals surface area contributed by atoms with Gasteiger partial charge >= 0.3 is 0 Å². The molecule has 5 nitrogen and oxygen atoms in total. The number of hydrogen-bond donors (Lipinski definition) is 0. The summed E-state index contributed by atoms with van der Waals surface area (Å²) in [7, 11) is 1.93. The summed E-state index contributed by atoms with van der Waals surface area (Å²) >= 11 is 0. The molecule has 3 aromatic carbocycles. The summed E-state index contributed by atoms with van der Waals surface area (Å²) in [5.74, 6) is 0. The van der Waals surface area contributed by atoms with E-state index >= 15 is 0 Å². The first kappa shape index (κ1) is 21.1. The number of ether oxygens (including phenoxy) is 1. The van der Waals surface area contributed by atoms with Crippen molar-refractivity contribution in [2.24, 2.45) is 7.05 Å². The molecule has 1 unspecified atom stereocenters. The van der Waals surface area contributed by atoms with Gasteiger partial charge in [-0.05, 0) is 53.4 Å². The van der Waals surface area contributed by atoms with Crippen LogP contribution in [0.3, 0.4) is 0 Å². The minimum Gasteiger partial charge on any atom is -0.362 e. The Bertz CT molecular complexity index is 1310. The van der Waals surface area contributed by atoms with Crippen LogP contribution in [0.15, 0.2) is 79.3 Å². The van der Waals surface area contributed by atoms with Crippen molar-refractivity contribution in [3.8, 4) is 23.3 Å². The molecule has 4 rings (SSSR count). The summed E-state index contributed by atoms with van der Waals surface area (Å²) in [6.07, 6.45) is 3.19. The molecule has 156 valence electrons. The first-order valence-electron chi connectivity index (χ1n) is 10.3. The largest absolute Gasteiger partial charge is 0.362 e. The van der Waals surface area contributed by atoms with Crippen LogP contribution < -0.4 is 0 Å². The number of hydrogen-bond acceptors (Lipinski definition) is 4. The molecule has 0 saturated heterocycles. The van der Waals surface area contributed by atoms with Crippen LogP contribution in [-0.2, 0) is 18.4 Å². The number of rotatable bonds is 6.